The lowest BCUT2D eigenvalue weighted by molar-refractivity contribution is -0.119. The number of aromatic nitrogens is 1. The monoisotopic (exact) mass is 497 g/mol. The summed E-state index contributed by atoms with van der Waals surface area (Å²) in [6.07, 6.45) is 1.91. The average Bonchev–Trinajstić information content (AvgIpc) is 3.28. The Labute approximate surface area is 203 Å². The van der Waals surface area contributed by atoms with Gasteiger partial charge in [0.15, 0.2) is 0 Å². The van der Waals surface area contributed by atoms with Crippen LogP contribution in [0.25, 0.3) is 10.9 Å². The number of methoxy groups -OCH3 is 1. The zero-order valence-corrected chi connectivity index (χ0v) is 20.0. The van der Waals surface area contributed by atoms with Crippen LogP contribution in [-0.4, -0.2) is 39.5 Å². The third kappa shape index (κ3) is 5.25. The third-order valence-corrected chi connectivity index (χ3v) is 7.33. The smallest absolute Gasteiger partial charge is 0.241 e. The number of hydrogen-bond donors (Lipinski definition) is 3. The van der Waals surface area contributed by atoms with E-state index in [1.54, 1.807) is 12.1 Å². The summed E-state index contributed by atoms with van der Waals surface area (Å²) in [5.41, 5.74) is 2.84. The van der Waals surface area contributed by atoms with E-state index in [9.17, 15) is 13.2 Å². The number of amides is 1. The fourth-order valence-corrected chi connectivity index (χ4v) is 5.05. The number of aromatic amines is 1. The maximum Gasteiger partial charge on any atom is 0.241 e. The molecule has 0 spiro atoms. The van der Waals surface area contributed by atoms with Gasteiger partial charge in [0.25, 0.3) is 0 Å². The number of hydrogen-bond acceptors (Lipinski definition) is 4. The summed E-state index contributed by atoms with van der Waals surface area (Å²) >= 11 is 6.49. The second kappa shape index (κ2) is 10.3. The van der Waals surface area contributed by atoms with Crippen LogP contribution in [0.1, 0.15) is 17.0 Å². The van der Waals surface area contributed by atoms with E-state index >= 15 is 0 Å². The van der Waals surface area contributed by atoms with Gasteiger partial charge in [0.05, 0.1) is 18.6 Å². The van der Waals surface area contributed by atoms with Crippen molar-refractivity contribution in [1.82, 2.24) is 15.0 Å². The topological polar surface area (TPSA) is 100 Å². The Hall–Kier alpha value is -3.33. The molecule has 7 nitrogen and oxygen atoms in total. The number of sulfonamides is 1. The Bertz CT molecular complexity index is 1400. The van der Waals surface area contributed by atoms with Crippen molar-refractivity contribution >= 4 is 38.4 Å². The molecule has 1 heterocycles. The molecule has 4 rings (SSSR count). The molecule has 0 saturated carbocycles. The van der Waals surface area contributed by atoms with Gasteiger partial charge in [0, 0.05) is 34.6 Å². The van der Waals surface area contributed by atoms with Crippen LogP contribution in [-0.2, 0) is 14.8 Å². The van der Waals surface area contributed by atoms with E-state index in [4.69, 9.17) is 16.3 Å². The first kappa shape index (κ1) is 23.8. The zero-order valence-electron chi connectivity index (χ0n) is 18.4. The molecule has 1 aromatic heterocycles. The van der Waals surface area contributed by atoms with Crippen molar-refractivity contribution in [1.29, 1.82) is 0 Å². The van der Waals surface area contributed by atoms with Gasteiger partial charge < -0.3 is 15.0 Å². The highest BCUT2D eigenvalue weighted by Crippen LogP contribution is 2.34. The Kier molecular flexibility index (Phi) is 7.21. The van der Waals surface area contributed by atoms with Crippen molar-refractivity contribution in [2.75, 3.05) is 20.2 Å². The summed E-state index contributed by atoms with van der Waals surface area (Å²) in [6, 6.07) is 21.3. The van der Waals surface area contributed by atoms with E-state index in [-0.39, 0.29) is 17.4 Å². The van der Waals surface area contributed by atoms with Crippen LogP contribution >= 0.6 is 11.6 Å². The van der Waals surface area contributed by atoms with E-state index in [1.165, 1.54) is 19.2 Å². The molecule has 1 amide bonds. The third-order valence-electron chi connectivity index (χ3n) is 5.57. The summed E-state index contributed by atoms with van der Waals surface area (Å²) in [5.74, 6) is -0.138. The maximum atomic E-state index is 12.6. The minimum atomic E-state index is -3.84. The molecule has 0 radical (unpaired) electrons. The number of para-hydroxylation sites is 1. The first-order chi connectivity index (χ1) is 16.4. The molecule has 0 unspecified atom stereocenters. The second-order valence-electron chi connectivity index (χ2n) is 7.67. The predicted molar refractivity (Wildman–Crippen MR) is 133 cm³/mol. The number of rotatable bonds is 9. The van der Waals surface area contributed by atoms with Crippen LogP contribution in [0.5, 0.6) is 5.75 Å². The normalized spacial score (nSPS) is 12.4. The molecule has 3 aromatic carbocycles. The van der Waals surface area contributed by atoms with E-state index in [0.717, 1.165) is 22.0 Å². The van der Waals surface area contributed by atoms with Crippen molar-refractivity contribution in [3.63, 3.8) is 0 Å². The molecular weight excluding hydrogens is 474 g/mol. The lowest BCUT2D eigenvalue weighted by Crippen LogP contribution is -2.38. The quantitative estimate of drug-likeness (QED) is 0.324. The van der Waals surface area contributed by atoms with Crippen molar-refractivity contribution in [3.05, 3.63) is 95.1 Å². The van der Waals surface area contributed by atoms with Gasteiger partial charge in [0.1, 0.15) is 5.75 Å². The molecule has 0 aliphatic rings. The number of nitrogens with one attached hydrogen (secondary N) is 3. The Balaban J connectivity index is 1.48. The van der Waals surface area contributed by atoms with Gasteiger partial charge in [-0.3, -0.25) is 4.79 Å². The first-order valence-corrected chi connectivity index (χ1v) is 12.5. The summed E-state index contributed by atoms with van der Waals surface area (Å²) in [4.78, 5) is 15.9. The summed E-state index contributed by atoms with van der Waals surface area (Å²) in [6.45, 7) is -0.147. The van der Waals surface area contributed by atoms with Crippen molar-refractivity contribution in [2.45, 2.75) is 10.8 Å². The number of ether oxygens (including phenoxy) is 1. The van der Waals surface area contributed by atoms with Gasteiger partial charge in [-0.05, 0) is 47.5 Å². The molecule has 34 heavy (non-hydrogen) atoms. The molecule has 1 atom stereocenters. The molecule has 0 aliphatic carbocycles. The molecule has 3 N–H and O–H groups in total. The van der Waals surface area contributed by atoms with E-state index < -0.39 is 22.5 Å². The van der Waals surface area contributed by atoms with Gasteiger partial charge in [0.2, 0.25) is 15.9 Å². The largest absolute Gasteiger partial charge is 0.497 e. The van der Waals surface area contributed by atoms with Gasteiger partial charge in [-0.1, -0.05) is 48.0 Å². The number of halogens is 1. The molecule has 176 valence electrons. The summed E-state index contributed by atoms with van der Waals surface area (Å²) in [5, 5.41) is 4.46. The average molecular weight is 498 g/mol. The molecule has 4 aromatic rings. The van der Waals surface area contributed by atoms with E-state index in [2.05, 4.69) is 15.0 Å². The lowest BCUT2D eigenvalue weighted by Gasteiger charge is -2.19. The SMILES string of the molecule is COc1ccc(S(=O)(=O)NCC(=O)NC[C@H](c2ccccc2Cl)c2c[nH]c3ccccc23)cc1. The minimum Gasteiger partial charge on any atom is -0.497 e. The number of fused-ring (bicyclic) bond motifs is 1. The predicted octanol–water partition coefficient (Wildman–Crippen LogP) is 4.06. The van der Waals surface area contributed by atoms with E-state index in [1.807, 2.05) is 54.7 Å². The number of carbonyl (C=O) groups is 1. The van der Waals surface area contributed by atoms with Gasteiger partial charge in [-0.2, -0.15) is 0 Å². The molecule has 0 fully saturated rings. The highest BCUT2D eigenvalue weighted by atomic mass is 35.5. The van der Waals surface area contributed by atoms with Gasteiger partial charge in [-0.15, -0.1) is 0 Å². The number of H-pyrrole nitrogens is 1. The lowest BCUT2D eigenvalue weighted by atomic mass is 9.90. The molecule has 0 aliphatic heterocycles. The van der Waals surface area contributed by atoms with Crippen LogP contribution in [0.3, 0.4) is 0 Å². The van der Waals surface area contributed by atoms with Crippen molar-refractivity contribution < 1.29 is 17.9 Å². The van der Waals surface area contributed by atoms with Gasteiger partial charge >= 0.3 is 0 Å². The number of carbonyl (C=O) groups excluding carboxylic acids is 1. The molecule has 0 bridgehead atoms. The molecule has 0 saturated heterocycles. The maximum absolute atomic E-state index is 12.6. The Morgan fingerprint density at radius 1 is 1.00 bits per heavy atom. The minimum absolute atomic E-state index is 0.0498. The van der Waals surface area contributed by atoms with Crippen molar-refractivity contribution in [2.24, 2.45) is 0 Å². The van der Waals surface area contributed by atoms with Crippen LogP contribution in [0.15, 0.2) is 83.9 Å². The Morgan fingerprint density at radius 2 is 1.71 bits per heavy atom. The zero-order chi connectivity index (χ0) is 24.1. The van der Waals surface area contributed by atoms with Crippen LogP contribution in [0, 0.1) is 0 Å². The fraction of sp³-hybridized carbons (Fsp3) is 0.160. The molecular formula is C25H24ClN3O4S. The fourth-order valence-electron chi connectivity index (χ4n) is 3.80. The van der Waals surface area contributed by atoms with Crippen LogP contribution < -0.4 is 14.8 Å². The highest BCUT2D eigenvalue weighted by Gasteiger charge is 2.22. The van der Waals surface area contributed by atoms with Gasteiger partial charge in [-0.25, -0.2) is 13.1 Å². The highest BCUT2D eigenvalue weighted by molar-refractivity contribution is 7.89. The second-order valence-corrected chi connectivity index (χ2v) is 9.84. The molecule has 9 heteroatoms. The van der Waals surface area contributed by atoms with Crippen LogP contribution in [0.4, 0.5) is 0 Å². The Morgan fingerprint density at radius 3 is 2.44 bits per heavy atom. The summed E-state index contributed by atoms with van der Waals surface area (Å²) < 4.78 is 32.4. The summed E-state index contributed by atoms with van der Waals surface area (Å²) in [7, 11) is -2.34. The van der Waals surface area contributed by atoms with E-state index in [0.29, 0.717) is 10.8 Å². The number of benzene rings is 3. The van der Waals surface area contributed by atoms with Crippen molar-refractivity contribution in [3.8, 4) is 5.75 Å². The van der Waals surface area contributed by atoms with Crippen LogP contribution in [0.2, 0.25) is 5.02 Å². The first-order valence-electron chi connectivity index (χ1n) is 10.6. The standard InChI is InChI=1S/C25H24ClN3O4S/c1-33-17-10-12-18(13-11-17)34(31,32)29-16-25(30)28-15-21(19-6-2-4-8-23(19)26)22-14-27-24-9-5-3-7-20(22)24/h2-14,21,27,29H,15-16H2,1H3,(H,28,30)/t21-/m1/s1.